The average Bonchev–Trinajstić information content (AvgIpc) is 2.03. The van der Waals surface area contributed by atoms with Crippen LogP contribution >= 0.6 is 0 Å². The van der Waals surface area contributed by atoms with Gasteiger partial charge in [-0.1, -0.05) is 34.1 Å². The number of hydrogen-bond acceptors (Lipinski definition) is 2. The Morgan fingerprint density at radius 3 is 2.08 bits per heavy atom. The minimum atomic E-state index is 0.549. The van der Waals surface area contributed by atoms with E-state index in [0.29, 0.717) is 12.0 Å². The molecule has 2 atom stereocenters. The standard InChI is InChI=1S/C11H26N2/c1-6-10(4)11(7-12)13(5)8-9(2)3/h9-11H,6-8,12H2,1-5H3. The smallest absolute Gasteiger partial charge is 0.0240 e. The van der Waals surface area contributed by atoms with E-state index >= 15 is 0 Å². The fraction of sp³-hybridized carbons (Fsp3) is 1.00. The molecule has 0 saturated heterocycles. The van der Waals surface area contributed by atoms with Gasteiger partial charge in [-0.25, -0.2) is 0 Å². The van der Waals surface area contributed by atoms with Gasteiger partial charge in [-0.3, -0.25) is 0 Å². The van der Waals surface area contributed by atoms with E-state index in [4.69, 9.17) is 5.73 Å². The van der Waals surface area contributed by atoms with Gasteiger partial charge in [0.15, 0.2) is 0 Å². The average molecular weight is 186 g/mol. The Bertz CT molecular complexity index is 123. The van der Waals surface area contributed by atoms with E-state index in [9.17, 15) is 0 Å². The number of nitrogens with two attached hydrogens (primary N) is 1. The molecule has 0 bridgehead atoms. The second kappa shape index (κ2) is 6.39. The lowest BCUT2D eigenvalue weighted by atomic mass is 9.97. The van der Waals surface area contributed by atoms with Crippen LogP contribution in [0.25, 0.3) is 0 Å². The first-order valence-corrected chi connectivity index (χ1v) is 5.43. The fourth-order valence-corrected chi connectivity index (χ4v) is 1.83. The normalized spacial score (nSPS) is 16.6. The molecule has 2 N–H and O–H groups in total. The van der Waals surface area contributed by atoms with E-state index in [2.05, 4.69) is 39.6 Å². The van der Waals surface area contributed by atoms with Gasteiger partial charge >= 0.3 is 0 Å². The summed E-state index contributed by atoms with van der Waals surface area (Å²) >= 11 is 0. The van der Waals surface area contributed by atoms with Gasteiger partial charge in [-0.05, 0) is 18.9 Å². The quantitative estimate of drug-likeness (QED) is 0.687. The van der Waals surface area contributed by atoms with Gasteiger partial charge in [0.05, 0.1) is 0 Å². The molecular formula is C11H26N2. The van der Waals surface area contributed by atoms with Crippen molar-refractivity contribution in [2.75, 3.05) is 20.1 Å². The lowest BCUT2D eigenvalue weighted by Crippen LogP contribution is -2.43. The first-order chi connectivity index (χ1) is 6.02. The summed E-state index contributed by atoms with van der Waals surface area (Å²) in [6.45, 7) is 10.9. The van der Waals surface area contributed by atoms with Crippen LogP contribution < -0.4 is 5.73 Å². The molecule has 0 aliphatic carbocycles. The summed E-state index contributed by atoms with van der Waals surface area (Å²) in [5, 5.41) is 0. The zero-order chi connectivity index (χ0) is 10.4. The summed E-state index contributed by atoms with van der Waals surface area (Å²) in [4.78, 5) is 2.40. The van der Waals surface area contributed by atoms with Crippen LogP contribution in [0.5, 0.6) is 0 Å². The van der Waals surface area contributed by atoms with E-state index in [1.165, 1.54) is 6.42 Å². The Morgan fingerprint density at radius 1 is 1.23 bits per heavy atom. The molecule has 0 radical (unpaired) electrons. The third kappa shape index (κ3) is 4.63. The molecule has 0 aliphatic rings. The molecule has 0 amide bonds. The van der Waals surface area contributed by atoms with Crippen LogP contribution in [0.1, 0.15) is 34.1 Å². The Labute approximate surface area is 83.5 Å². The lowest BCUT2D eigenvalue weighted by Gasteiger charge is -2.32. The van der Waals surface area contributed by atoms with E-state index in [1.54, 1.807) is 0 Å². The van der Waals surface area contributed by atoms with Crippen LogP contribution in [-0.4, -0.2) is 31.1 Å². The van der Waals surface area contributed by atoms with Gasteiger partial charge in [0.25, 0.3) is 0 Å². The Kier molecular flexibility index (Phi) is 6.35. The second-order valence-corrected chi connectivity index (χ2v) is 4.52. The van der Waals surface area contributed by atoms with Crippen molar-refractivity contribution >= 4 is 0 Å². The Morgan fingerprint density at radius 2 is 1.77 bits per heavy atom. The van der Waals surface area contributed by atoms with E-state index in [0.717, 1.165) is 19.0 Å². The molecule has 0 spiro atoms. The van der Waals surface area contributed by atoms with Crippen LogP contribution in [0.2, 0.25) is 0 Å². The number of rotatable bonds is 6. The number of hydrogen-bond donors (Lipinski definition) is 1. The van der Waals surface area contributed by atoms with Crippen LogP contribution in [0.3, 0.4) is 0 Å². The summed E-state index contributed by atoms with van der Waals surface area (Å²) in [6.07, 6.45) is 1.21. The van der Waals surface area contributed by atoms with E-state index < -0.39 is 0 Å². The molecule has 0 fully saturated rings. The largest absolute Gasteiger partial charge is 0.329 e. The molecule has 0 aliphatic heterocycles. The highest BCUT2D eigenvalue weighted by atomic mass is 15.1. The molecule has 2 unspecified atom stereocenters. The molecule has 0 heterocycles. The molecule has 0 aromatic heterocycles. The highest BCUT2D eigenvalue weighted by Gasteiger charge is 2.19. The summed E-state index contributed by atoms with van der Waals surface area (Å²) in [6, 6.07) is 0.549. The maximum atomic E-state index is 5.78. The molecule has 80 valence electrons. The molecule has 0 rings (SSSR count). The Hall–Kier alpha value is -0.0800. The van der Waals surface area contributed by atoms with Crippen molar-refractivity contribution in [2.24, 2.45) is 17.6 Å². The van der Waals surface area contributed by atoms with Crippen molar-refractivity contribution in [3.8, 4) is 0 Å². The van der Waals surface area contributed by atoms with E-state index in [-0.39, 0.29) is 0 Å². The summed E-state index contributed by atoms with van der Waals surface area (Å²) < 4.78 is 0. The van der Waals surface area contributed by atoms with Gasteiger partial charge in [0.2, 0.25) is 0 Å². The first-order valence-electron chi connectivity index (χ1n) is 5.43. The van der Waals surface area contributed by atoms with Gasteiger partial charge in [0.1, 0.15) is 0 Å². The summed E-state index contributed by atoms with van der Waals surface area (Å²) in [7, 11) is 2.18. The topological polar surface area (TPSA) is 29.3 Å². The van der Waals surface area contributed by atoms with Crippen molar-refractivity contribution in [2.45, 2.75) is 40.2 Å². The minimum absolute atomic E-state index is 0.549. The summed E-state index contributed by atoms with van der Waals surface area (Å²) in [5.74, 6) is 1.43. The highest BCUT2D eigenvalue weighted by Crippen LogP contribution is 2.13. The van der Waals surface area contributed by atoms with Crippen molar-refractivity contribution in [1.29, 1.82) is 0 Å². The summed E-state index contributed by atoms with van der Waals surface area (Å²) in [5.41, 5.74) is 5.78. The maximum absolute atomic E-state index is 5.78. The van der Waals surface area contributed by atoms with Crippen molar-refractivity contribution in [3.05, 3.63) is 0 Å². The van der Waals surface area contributed by atoms with E-state index in [1.807, 2.05) is 0 Å². The molecular weight excluding hydrogens is 160 g/mol. The van der Waals surface area contributed by atoms with Crippen molar-refractivity contribution in [3.63, 3.8) is 0 Å². The zero-order valence-electron chi connectivity index (χ0n) is 9.88. The lowest BCUT2D eigenvalue weighted by molar-refractivity contribution is 0.168. The van der Waals surface area contributed by atoms with Gasteiger partial charge < -0.3 is 10.6 Å². The highest BCUT2D eigenvalue weighted by molar-refractivity contribution is 4.75. The van der Waals surface area contributed by atoms with Crippen LogP contribution in [0.4, 0.5) is 0 Å². The SMILES string of the molecule is CCC(C)C(CN)N(C)CC(C)C. The van der Waals surface area contributed by atoms with Gasteiger partial charge in [0, 0.05) is 19.1 Å². The number of likely N-dealkylation sites (N-methyl/N-ethyl adjacent to an activating group) is 1. The zero-order valence-corrected chi connectivity index (χ0v) is 9.88. The number of nitrogens with zero attached hydrogens (tertiary/aromatic N) is 1. The predicted octanol–water partition coefficient (Wildman–Crippen LogP) is 1.95. The molecule has 13 heavy (non-hydrogen) atoms. The van der Waals surface area contributed by atoms with Gasteiger partial charge in [-0.2, -0.15) is 0 Å². The van der Waals surface area contributed by atoms with Gasteiger partial charge in [-0.15, -0.1) is 0 Å². The van der Waals surface area contributed by atoms with Crippen molar-refractivity contribution < 1.29 is 0 Å². The molecule has 0 aromatic rings. The third-order valence-electron chi connectivity index (χ3n) is 2.76. The Balaban J connectivity index is 4.06. The maximum Gasteiger partial charge on any atom is 0.0240 e. The molecule has 2 nitrogen and oxygen atoms in total. The predicted molar refractivity (Wildman–Crippen MR) is 59.8 cm³/mol. The molecule has 0 aromatic carbocycles. The first kappa shape index (κ1) is 12.9. The minimum Gasteiger partial charge on any atom is -0.329 e. The van der Waals surface area contributed by atoms with Crippen LogP contribution in [0.15, 0.2) is 0 Å². The third-order valence-corrected chi connectivity index (χ3v) is 2.76. The molecule has 2 heteroatoms. The van der Waals surface area contributed by atoms with Crippen LogP contribution in [-0.2, 0) is 0 Å². The van der Waals surface area contributed by atoms with Crippen LogP contribution in [0, 0.1) is 11.8 Å². The monoisotopic (exact) mass is 186 g/mol. The fourth-order valence-electron chi connectivity index (χ4n) is 1.83. The van der Waals surface area contributed by atoms with Crippen molar-refractivity contribution in [1.82, 2.24) is 4.90 Å². The molecule has 0 saturated carbocycles. The second-order valence-electron chi connectivity index (χ2n) is 4.52.